The Bertz CT molecular complexity index is 919. The summed E-state index contributed by atoms with van der Waals surface area (Å²) >= 11 is 0. The van der Waals surface area contributed by atoms with Crippen LogP contribution in [0.1, 0.15) is 29.7 Å². The zero-order chi connectivity index (χ0) is 20.8. The van der Waals surface area contributed by atoms with Gasteiger partial charge < -0.3 is 15.1 Å². The Kier molecular flexibility index (Phi) is 6.55. The van der Waals surface area contributed by atoms with Crippen LogP contribution in [0.25, 0.3) is 0 Å². The van der Waals surface area contributed by atoms with E-state index in [1.807, 2.05) is 68.4 Å². The smallest absolute Gasteiger partial charge is 0.322 e. The number of nitrogens with one attached hydrogen (secondary N) is 1. The molecule has 1 N–H and O–H groups in total. The summed E-state index contributed by atoms with van der Waals surface area (Å²) in [6, 6.07) is 26.2. The van der Waals surface area contributed by atoms with Gasteiger partial charge in [0.05, 0.1) is 6.04 Å². The number of rotatable bonds is 6. The van der Waals surface area contributed by atoms with Gasteiger partial charge in [-0.25, -0.2) is 4.79 Å². The van der Waals surface area contributed by atoms with Crippen LogP contribution in [0.15, 0.2) is 78.9 Å². The van der Waals surface area contributed by atoms with E-state index in [0.717, 1.165) is 22.5 Å². The van der Waals surface area contributed by atoms with Gasteiger partial charge in [0.1, 0.15) is 0 Å². The highest BCUT2D eigenvalue weighted by molar-refractivity contribution is 5.89. The molecule has 29 heavy (non-hydrogen) atoms. The predicted molar refractivity (Wildman–Crippen MR) is 121 cm³/mol. The first-order valence-corrected chi connectivity index (χ1v) is 9.89. The highest BCUT2D eigenvalue weighted by atomic mass is 16.2. The third kappa shape index (κ3) is 5.38. The molecule has 0 fully saturated rings. The second-order valence-electron chi connectivity index (χ2n) is 7.57. The van der Waals surface area contributed by atoms with Crippen LogP contribution >= 0.6 is 0 Å². The normalized spacial score (nSPS) is 11.6. The van der Waals surface area contributed by atoms with E-state index in [0.29, 0.717) is 6.54 Å². The number of carbonyl (C=O) groups excluding carboxylic acids is 1. The molecule has 1 unspecified atom stereocenters. The van der Waals surface area contributed by atoms with Crippen LogP contribution in [-0.2, 0) is 6.54 Å². The van der Waals surface area contributed by atoms with Crippen molar-refractivity contribution in [2.45, 2.75) is 26.4 Å². The van der Waals surface area contributed by atoms with Crippen LogP contribution in [-0.4, -0.2) is 25.0 Å². The highest BCUT2D eigenvalue weighted by Crippen LogP contribution is 2.24. The number of amides is 2. The van der Waals surface area contributed by atoms with Crippen LogP contribution < -0.4 is 10.2 Å². The lowest BCUT2D eigenvalue weighted by atomic mass is 10.1. The molecule has 0 radical (unpaired) electrons. The molecule has 1 atom stereocenters. The Hall–Kier alpha value is -3.27. The van der Waals surface area contributed by atoms with E-state index in [4.69, 9.17) is 0 Å². The Morgan fingerprint density at radius 3 is 2.10 bits per heavy atom. The van der Waals surface area contributed by atoms with Gasteiger partial charge in [-0.05, 0) is 49.2 Å². The van der Waals surface area contributed by atoms with Crippen molar-refractivity contribution in [1.29, 1.82) is 0 Å². The number of carbonyl (C=O) groups is 1. The second-order valence-corrected chi connectivity index (χ2v) is 7.57. The van der Waals surface area contributed by atoms with Crippen molar-refractivity contribution in [3.8, 4) is 0 Å². The summed E-state index contributed by atoms with van der Waals surface area (Å²) in [6.45, 7) is 4.63. The van der Waals surface area contributed by atoms with Gasteiger partial charge in [-0.2, -0.15) is 0 Å². The first kappa shape index (κ1) is 20.5. The fourth-order valence-electron chi connectivity index (χ4n) is 3.22. The molecule has 0 bridgehead atoms. The summed E-state index contributed by atoms with van der Waals surface area (Å²) in [4.78, 5) is 17.1. The van der Waals surface area contributed by atoms with Crippen LogP contribution in [0.4, 0.5) is 16.2 Å². The van der Waals surface area contributed by atoms with Crippen LogP contribution in [0, 0.1) is 6.92 Å². The molecule has 4 nitrogen and oxygen atoms in total. The lowest BCUT2D eigenvalue weighted by Gasteiger charge is -2.30. The Labute approximate surface area is 173 Å². The van der Waals surface area contributed by atoms with Gasteiger partial charge >= 0.3 is 6.03 Å². The molecule has 0 saturated heterocycles. The predicted octanol–water partition coefficient (Wildman–Crippen LogP) is 5.86. The first-order chi connectivity index (χ1) is 13.9. The molecule has 0 aliphatic carbocycles. The van der Waals surface area contributed by atoms with Gasteiger partial charge in [-0.1, -0.05) is 60.2 Å². The molecule has 4 heteroatoms. The monoisotopic (exact) mass is 387 g/mol. The zero-order valence-electron chi connectivity index (χ0n) is 17.6. The average Bonchev–Trinajstić information content (AvgIpc) is 2.74. The second kappa shape index (κ2) is 9.28. The van der Waals surface area contributed by atoms with Crippen molar-refractivity contribution >= 4 is 17.4 Å². The maximum Gasteiger partial charge on any atom is 0.322 e. The summed E-state index contributed by atoms with van der Waals surface area (Å²) < 4.78 is 0. The van der Waals surface area contributed by atoms with Gasteiger partial charge in [-0.3, -0.25) is 0 Å². The van der Waals surface area contributed by atoms with Gasteiger partial charge in [0.2, 0.25) is 0 Å². The maximum atomic E-state index is 13.2. The third-order valence-corrected chi connectivity index (χ3v) is 5.12. The SMILES string of the molecule is Cc1ccc(NC(=O)N(Cc2ccc(N(C)C)cc2)C(C)c2ccccc2)cc1. The van der Waals surface area contributed by atoms with Gasteiger partial charge in [0.15, 0.2) is 0 Å². The van der Waals surface area contributed by atoms with Gasteiger partial charge in [0, 0.05) is 32.0 Å². The highest BCUT2D eigenvalue weighted by Gasteiger charge is 2.22. The number of benzene rings is 3. The van der Waals surface area contributed by atoms with Crippen LogP contribution in [0.2, 0.25) is 0 Å². The van der Waals surface area contributed by atoms with E-state index in [1.165, 1.54) is 5.56 Å². The summed E-state index contributed by atoms with van der Waals surface area (Å²) in [5, 5.41) is 3.05. The van der Waals surface area contributed by atoms with E-state index in [1.54, 1.807) is 0 Å². The Balaban J connectivity index is 1.84. The van der Waals surface area contributed by atoms with E-state index >= 15 is 0 Å². The molecular weight excluding hydrogens is 358 g/mol. The molecule has 0 aliphatic heterocycles. The van der Waals surface area contributed by atoms with Crippen molar-refractivity contribution in [3.63, 3.8) is 0 Å². The molecule has 3 rings (SSSR count). The molecule has 0 aliphatic rings. The third-order valence-electron chi connectivity index (χ3n) is 5.12. The molecular formula is C25H29N3O. The summed E-state index contributed by atoms with van der Waals surface area (Å²) in [5.74, 6) is 0. The molecule has 0 spiro atoms. The molecule has 3 aromatic rings. The fourth-order valence-corrected chi connectivity index (χ4v) is 3.22. The van der Waals surface area contributed by atoms with E-state index < -0.39 is 0 Å². The van der Waals surface area contributed by atoms with Gasteiger partial charge in [0.25, 0.3) is 0 Å². The topological polar surface area (TPSA) is 35.6 Å². The molecule has 0 aromatic heterocycles. The van der Waals surface area contributed by atoms with Crippen molar-refractivity contribution in [3.05, 3.63) is 95.6 Å². The minimum absolute atomic E-state index is 0.0600. The minimum Gasteiger partial charge on any atom is -0.378 e. The van der Waals surface area contributed by atoms with Crippen molar-refractivity contribution in [2.24, 2.45) is 0 Å². The fraction of sp³-hybridized carbons (Fsp3) is 0.240. The van der Waals surface area contributed by atoms with Crippen molar-refractivity contribution in [2.75, 3.05) is 24.3 Å². The lowest BCUT2D eigenvalue weighted by molar-refractivity contribution is 0.189. The van der Waals surface area contributed by atoms with Gasteiger partial charge in [-0.15, -0.1) is 0 Å². The molecule has 150 valence electrons. The van der Waals surface area contributed by atoms with Crippen molar-refractivity contribution in [1.82, 2.24) is 4.90 Å². The summed E-state index contributed by atoms with van der Waals surface area (Å²) in [6.07, 6.45) is 0. The first-order valence-electron chi connectivity index (χ1n) is 9.89. The van der Waals surface area contributed by atoms with E-state index in [-0.39, 0.29) is 12.1 Å². The number of hydrogen-bond donors (Lipinski definition) is 1. The molecule has 0 heterocycles. The van der Waals surface area contributed by atoms with Crippen LogP contribution in [0.5, 0.6) is 0 Å². The standard InChI is InChI=1S/C25H29N3O/c1-19-10-14-23(15-11-19)26-25(29)28(20(2)22-8-6-5-7-9-22)18-21-12-16-24(17-13-21)27(3)4/h5-17,20H,18H2,1-4H3,(H,26,29). The Morgan fingerprint density at radius 1 is 0.897 bits per heavy atom. The number of urea groups is 1. The lowest BCUT2D eigenvalue weighted by Crippen LogP contribution is -2.36. The summed E-state index contributed by atoms with van der Waals surface area (Å²) in [7, 11) is 4.04. The quantitative estimate of drug-likeness (QED) is 0.575. The maximum absolute atomic E-state index is 13.2. The van der Waals surface area contributed by atoms with E-state index in [2.05, 4.69) is 53.5 Å². The average molecular weight is 388 g/mol. The van der Waals surface area contributed by atoms with Crippen molar-refractivity contribution < 1.29 is 4.79 Å². The molecule has 3 aromatic carbocycles. The number of aryl methyl sites for hydroxylation is 1. The number of anilines is 2. The largest absolute Gasteiger partial charge is 0.378 e. The zero-order valence-corrected chi connectivity index (χ0v) is 17.6. The number of nitrogens with zero attached hydrogens (tertiary/aromatic N) is 2. The van der Waals surface area contributed by atoms with Crippen LogP contribution in [0.3, 0.4) is 0 Å². The minimum atomic E-state index is -0.109. The summed E-state index contributed by atoms with van der Waals surface area (Å²) in [5.41, 5.74) is 5.31. The number of hydrogen-bond acceptors (Lipinski definition) is 2. The van der Waals surface area contributed by atoms with E-state index in [9.17, 15) is 4.79 Å². The Morgan fingerprint density at radius 2 is 1.52 bits per heavy atom. The molecule has 2 amide bonds. The molecule has 0 saturated carbocycles.